The van der Waals surface area contributed by atoms with E-state index in [1.807, 2.05) is 0 Å². The van der Waals surface area contributed by atoms with Crippen LogP contribution in [0.1, 0.15) is 36.9 Å². The van der Waals surface area contributed by atoms with Crippen molar-refractivity contribution in [1.82, 2.24) is 20.9 Å². The van der Waals surface area contributed by atoms with Crippen molar-refractivity contribution in [2.75, 3.05) is 6.54 Å². The van der Waals surface area contributed by atoms with Gasteiger partial charge in [-0.25, -0.2) is 9.59 Å². The fourth-order valence-corrected chi connectivity index (χ4v) is 4.46. The molecule has 4 rings (SSSR count). The minimum atomic E-state index is -1.61. The summed E-state index contributed by atoms with van der Waals surface area (Å²) in [7, 11) is 12.5. The number of hydrogen-bond donors (Lipinski definition) is 3. The molecule has 1 saturated carbocycles. The summed E-state index contributed by atoms with van der Waals surface area (Å²) in [6.07, 6.45) is 1.59. The zero-order valence-corrected chi connectivity index (χ0v) is 16.5. The maximum absolute atomic E-state index is 13.0. The van der Waals surface area contributed by atoms with Crippen molar-refractivity contribution in [2.24, 2.45) is 5.92 Å². The molecule has 2 atom stereocenters. The second-order valence-corrected chi connectivity index (χ2v) is 8.35. The molecule has 28 heavy (non-hydrogen) atoms. The van der Waals surface area contributed by atoms with E-state index in [0.717, 1.165) is 12.8 Å². The van der Waals surface area contributed by atoms with Gasteiger partial charge in [0.1, 0.15) is 5.54 Å². The summed E-state index contributed by atoms with van der Waals surface area (Å²) in [4.78, 5) is 38.2. The Kier molecular flexibility index (Phi) is 4.39. The Morgan fingerprint density at radius 2 is 1.93 bits per heavy atom. The van der Waals surface area contributed by atoms with E-state index in [-0.39, 0.29) is 17.5 Å². The van der Waals surface area contributed by atoms with Gasteiger partial charge in [0.05, 0.1) is 38.3 Å². The van der Waals surface area contributed by atoms with Crippen LogP contribution in [-0.4, -0.2) is 50.6 Å². The van der Waals surface area contributed by atoms with Gasteiger partial charge in [-0.1, -0.05) is 23.2 Å². The van der Waals surface area contributed by atoms with Crippen LogP contribution in [-0.2, 0) is 10.1 Å². The Labute approximate surface area is 174 Å². The highest BCUT2D eigenvalue weighted by molar-refractivity contribution is 6.43. The van der Waals surface area contributed by atoms with Crippen LogP contribution in [0, 0.1) is 5.92 Å². The lowest BCUT2D eigenvalue weighted by molar-refractivity contribution is -0.124. The van der Waals surface area contributed by atoms with E-state index >= 15 is 0 Å². The van der Waals surface area contributed by atoms with Gasteiger partial charge in [0.25, 0.3) is 5.91 Å². The maximum Gasteiger partial charge on any atom is 0.322 e. The zero-order valence-electron chi connectivity index (χ0n) is 15.0. The molecular formula is C17H16B2Cl2N4O3. The van der Waals surface area contributed by atoms with Crippen LogP contribution in [0.15, 0.2) is 12.1 Å². The van der Waals surface area contributed by atoms with E-state index in [2.05, 4.69) is 16.0 Å². The van der Waals surface area contributed by atoms with E-state index in [1.165, 1.54) is 4.90 Å². The van der Waals surface area contributed by atoms with Crippen LogP contribution in [0.25, 0.3) is 0 Å². The second kappa shape index (κ2) is 6.32. The molecule has 2 fully saturated rings. The average Bonchev–Trinajstić information content (AvgIpc) is 3.38. The van der Waals surface area contributed by atoms with Gasteiger partial charge in [-0.05, 0) is 54.3 Å². The van der Waals surface area contributed by atoms with E-state index in [4.69, 9.17) is 38.9 Å². The molecule has 1 unspecified atom stereocenters. The molecule has 1 aromatic rings. The van der Waals surface area contributed by atoms with Gasteiger partial charge < -0.3 is 15.5 Å². The van der Waals surface area contributed by atoms with Crippen LogP contribution in [0.5, 0.6) is 0 Å². The van der Waals surface area contributed by atoms with Crippen molar-refractivity contribution >= 4 is 56.9 Å². The first-order valence-electron chi connectivity index (χ1n) is 8.86. The Morgan fingerprint density at radius 1 is 1.29 bits per heavy atom. The number of carbonyl (C=O) groups is 3. The van der Waals surface area contributed by atoms with E-state index in [0.29, 0.717) is 16.1 Å². The first-order chi connectivity index (χ1) is 13.1. The zero-order chi connectivity index (χ0) is 20.4. The molecule has 2 aliphatic heterocycles. The molecule has 0 bridgehead atoms. The van der Waals surface area contributed by atoms with E-state index < -0.39 is 34.9 Å². The van der Waals surface area contributed by atoms with Crippen LogP contribution in [0.3, 0.4) is 0 Å². The van der Waals surface area contributed by atoms with Crippen LogP contribution >= 0.6 is 23.2 Å². The van der Waals surface area contributed by atoms with Crippen molar-refractivity contribution in [3.8, 4) is 0 Å². The number of rotatable bonds is 3. The van der Waals surface area contributed by atoms with E-state index in [1.54, 1.807) is 19.1 Å². The molecule has 4 radical (unpaired) electrons. The van der Waals surface area contributed by atoms with Crippen LogP contribution in [0.4, 0.5) is 9.59 Å². The molecule has 3 aliphatic rings. The SMILES string of the molecule is [B]C1([B])c2cc(Cl)c(Cl)cc2C(C)N1C(=O)NC[C@@]1(C2CC2)NC(=O)NC1=O. The fourth-order valence-electron chi connectivity index (χ4n) is 4.13. The number of nitrogens with one attached hydrogen (secondary N) is 3. The number of fused-ring (bicyclic) bond motifs is 1. The molecule has 1 aromatic carbocycles. The predicted octanol–water partition coefficient (Wildman–Crippen LogP) is 1.52. The summed E-state index contributed by atoms with van der Waals surface area (Å²) in [6.45, 7) is 1.70. The Bertz CT molecular complexity index is 909. The third-order valence-electron chi connectivity index (χ3n) is 5.74. The molecule has 5 amide bonds. The minimum Gasteiger partial charge on any atom is -0.335 e. The van der Waals surface area contributed by atoms with Gasteiger partial charge in [0, 0.05) is 0 Å². The monoisotopic (exact) mass is 416 g/mol. The average molecular weight is 417 g/mol. The normalized spacial score (nSPS) is 28.0. The Hall–Kier alpha value is -1.86. The third-order valence-corrected chi connectivity index (χ3v) is 6.46. The molecule has 3 N–H and O–H groups in total. The molecular weight excluding hydrogens is 401 g/mol. The predicted molar refractivity (Wildman–Crippen MR) is 105 cm³/mol. The lowest BCUT2D eigenvalue weighted by Crippen LogP contribution is -2.60. The summed E-state index contributed by atoms with van der Waals surface area (Å²) in [5.41, 5.74) is 0.0350. The number of nitrogens with zero attached hydrogens (tertiary/aromatic N) is 1. The van der Waals surface area contributed by atoms with Gasteiger partial charge in [-0.3, -0.25) is 10.1 Å². The van der Waals surface area contributed by atoms with Gasteiger partial charge in [-0.15, -0.1) is 0 Å². The molecule has 2 heterocycles. The van der Waals surface area contributed by atoms with Crippen molar-refractivity contribution in [3.63, 3.8) is 0 Å². The lowest BCUT2D eigenvalue weighted by Gasteiger charge is -2.37. The fraction of sp³-hybridized carbons (Fsp3) is 0.471. The summed E-state index contributed by atoms with van der Waals surface area (Å²) in [5, 5.41) is 6.63. The number of halogens is 2. The highest BCUT2D eigenvalue weighted by Crippen LogP contribution is 2.46. The number of benzene rings is 1. The summed E-state index contributed by atoms with van der Waals surface area (Å²) in [5.74, 6) is -0.464. The van der Waals surface area contributed by atoms with Crippen molar-refractivity contribution < 1.29 is 14.4 Å². The van der Waals surface area contributed by atoms with Crippen molar-refractivity contribution in [2.45, 2.75) is 36.7 Å². The molecule has 1 saturated heterocycles. The lowest BCUT2D eigenvalue weighted by atomic mass is 9.58. The molecule has 1 aliphatic carbocycles. The van der Waals surface area contributed by atoms with Crippen molar-refractivity contribution in [3.05, 3.63) is 33.3 Å². The summed E-state index contributed by atoms with van der Waals surface area (Å²) >= 11 is 12.2. The first-order valence-corrected chi connectivity index (χ1v) is 9.61. The molecule has 7 nitrogen and oxygen atoms in total. The molecule has 0 aromatic heterocycles. The second-order valence-electron chi connectivity index (χ2n) is 7.54. The van der Waals surface area contributed by atoms with Crippen LogP contribution < -0.4 is 16.0 Å². The first kappa shape index (κ1) is 19.5. The highest BCUT2D eigenvalue weighted by atomic mass is 35.5. The number of hydrogen-bond acceptors (Lipinski definition) is 3. The van der Waals surface area contributed by atoms with Gasteiger partial charge >= 0.3 is 12.1 Å². The largest absolute Gasteiger partial charge is 0.335 e. The van der Waals surface area contributed by atoms with Gasteiger partial charge in [0.2, 0.25) is 0 Å². The molecule has 11 heteroatoms. The standard InChI is InChI=1S/C17H16B2Cl2N4O3/c1-7-9-4-11(20)12(21)5-10(9)17(18,19)25(7)15(28)22-6-16(8-2-3-8)13(26)23-14(27)24-16/h4-5,7-8H,2-3,6H2,1H3,(H,22,28)(H2,23,24,26,27)/t7?,16-/m0/s1. The van der Waals surface area contributed by atoms with Gasteiger partial charge in [-0.2, -0.15) is 0 Å². The Balaban J connectivity index is 1.57. The van der Waals surface area contributed by atoms with Crippen LogP contribution in [0.2, 0.25) is 10.0 Å². The van der Waals surface area contributed by atoms with Gasteiger partial charge in [0.15, 0.2) is 0 Å². The van der Waals surface area contributed by atoms with E-state index in [9.17, 15) is 14.4 Å². The number of imide groups is 1. The number of urea groups is 2. The molecule has 142 valence electrons. The summed E-state index contributed by atoms with van der Waals surface area (Å²) in [6, 6.07) is 1.60. The summed E-state index contributed by atoms with van der Waals surface area (Å²) < 4.78 is 0. The molecule has 0 spiro atoms. The quantitative estimate of drug-likeness (QED) is 0.515. The highest BCUT2D eigenvalue weighted by Gasteiger charge is 2.56. The minimum absolute atomic E-state index is 0.0226. The third kappa shape index (κ3) is 2.78. The maximum atomic E-state index is 13.0. The number of amides is 5. The Morgan fingerprint density at radius 3 is 2.50 bits per heavy atom. The number of carbonyl (C=O) groups excluding carboxylic acids is 3. The topological polar surface area (TPSA) is 90.5 Å². The smallest absolute Gasteiger partial charge is 0.322 e. The van der Waals surface area contributed by atoms with Crippen molar-refractivity contribution in [1.29, 1.82) is 0 Å².